The van der Waals surface area contributed by atoms with Crippen molar-refractivity contribution in [2.24, 2.45) is 0 Å². The van der Waals surface area contributed by atoms with Gasteiger partial charge in [-0.1, -0.05) is 0 Å². The molecule has 1 fully saturated rings. The van der Waals surface area contributed by atoms with Crippen molar-refractivity contribution in [3.63, 3.8) is 0 Å². The number of hydrogen-bond acceptors (Lipinski definition) is 3. The molecule has 3 N–H and O–H groups in total. The molecule has 0 aromatic rings. The molecule has 0 aromatic heterocycles. The van der Waals surface area contributed by atoms with Crippen molar-refractivity contribution < 1.29 is 32.7 Å². The molecule has 51 valence electrons. The molecular weight excluding hydrogens is 191 g/mol. The fraction of sp³-hybridized carbons (Fsp3) is 0.800. The van der Waals surface area contributed by atoms with Crippen molar-refractivity contribution in [2.75, 3.05) is 0 Å². The number of nitrogens with one attached hydrogen (secondary N) is 3. The molecule has 1 rings (SSSR count). The van der Waals surface area contributed by atoms with Gasteiger partial charge < -0.3 is 10.6 Å². The zero-order valence-corrected chi connectivity index (χ0v) is 8.65. The molecule has 2 atom stereocenters. The summed E-state index contributed by atoms with van der Waals surface area (Å²) in [7, 11) is 0. The first-order chi connectivity index (χ1) is 3.79. The summed E-state index contributed by atoms with van der Waals surface area (Å²) in [5.74, 6) is 0. The maximum Gasteiger partial charge on any atom is 0.0294 e. The van der Waals surface area contributed by atoms with E-state index in [0.29, 0.717) is 12.3 Å². The van der Waals surface area contributed by atoms with E-state index >= 15 is 0 Å². The van der Waals surface area contributed by atoms with Gasteiger partial charge in [0.25, 0.3) is 0 Å². The van der Waals surface area contributed by atoms with E-state index in [0.717, 1.165) is 0 Å². The maximum atomic E-state index is 3.23. The van der Waals surface area contributed by atoms with Gasteiger partial charge in [0.15, 0.2) is 0 Å². The van der Waals surface area contributed by atoms with Crippen molar-refractivity contribution in [1.82, 2.24) is 16.0 Å². The van der Waals surface area contributed by atoms with Crippen molar-refractivity contribution in [1.29, 1.82) is 0 Å². The van der Waals surface area contributed by atoms with Gasteiger partial charge in [0.1, 0.15) is 0 Å². The second-order valence-corrected chi connectivity index (χ2v) is 2.09. The van der Waals surface area contributed by atoms with Crippen LogP contribution in [0, 0.1) is 6.67 Å². The summed E-state index contributed by atoms with van der Waals surface area (Å²) < 4.78 is 0. The summed E-state index contributed by atoms with van der Waals surface area (Å²) in [6.07, 6.45) is 0.789. The third-order valence-corrected chi connectivity index (χ3v) is 1.17. The van der Waals surface area contributed by atoms with Crippen LogP contribution in [0.4, 0.5) is 0 Å². The molecule has 1 heterocycles. The Labute approximate surface area is 81.2 Å². The minimum Gasteiger partial charge on any atom is -0.442 e. The predicted molar refractivity (Wildman–Crippen MR) is 32.6 cm³/mol. The zero-order chi connectivity index (χ0) is 5.98. The monoisotopic (exact) mass is 203 g/mol. The molecule has 1 aliphatic heterocycles. The number of hydrogen-bond donors (Lipinski definition) is 3. The van der Waals surface area contributed by atoms with Crippen molar-refractivity contribution in [3.8, 4) is 0 Å². The van der Waals surface area contributed by atoms with Gasteiger partial charge >= 0.3 is 0 Å². The zero-order valence-electron chi connectivity index (χ0n) is 5.81. The first-order valence-corrected chi connectivity index (χ1v) is 2.89. The first kappa shape index (κ1) is 9.98. The van der Waals surface area contributed by atoms with Crippen LogP contribution in [-0.4, -0.2) is 12.3 Å². The number of rotatable bonds is 0. The SMILES string of the molecule is CC1N[CH-]NC(C)N1.[Y]. The molecule has 0 spiro atoms. The smallest absolute Gasteiger partial charge is 0.0294 e. The molecule has 1 radical (unpaired) electrons. The standard InChI is InChI=1S/C5H12N3.Y/c1-4-6-3-7-5(2)8-4;/h3-8H,1-2H3;/q-1;. The molecule has 1 saturated heterocycles. The summed E-state index contributed by atoms with van der Waals surface area (Å²) in [4.78, 5) is 0. The first-order valence-electron chi connectivity index (χ1n) is 2.89. The third-order valence-electron chi connectivity index (χ3n) is 1.17. The second-order valence-electron chi connectivity index (χ2n) is 2.09. The van der Waals surface area contributed by atoms with E-state index in [4.69, 9.17) is 0 Å². The summed E-state index contributed by atoms with van der Waals surface area (Å²) >= 11 is 0. The average Bonchev–Trinajstić information content (AvgIpc) is 1.64. The van der Waals surface area contributed by atoms with E-state index in [2.05, 4.69) is 29.8 Å². The van der Waals surface area contributed by atoms with Gasteiger partial charge in [-0.25, -0.2) is 6.67 Å². The summed E-state index contributed by atoms with van der Waals surface area (Å²) in [5.41, 5.74) is 0. The van der Waals surface area contributed by atoms with E-state index in [1.54, 1.807) is 0 Å². The molecule has 1 aliphatic rings. The largest absolute Gasteiger partial charge is 0.442 e. The van der Waals surface area contributed by atoms with Crippen LogP contribution in [0.5, 0.6) is 0 Å². The van der Waals surface area contributed by atoms with Gasteiger partial charge in [-0.2, -0.15) is 0 Å². The van der Waals surface area contributed by atoms with Crippen LogP contribution >= 0.6 is 0 Å². The van der Waals surface area contributed by atoms with Crippen LogP contribution in [0.15, 0.2) is 0 Å². The average molecular weight is 203 g/mol. The van der Waals surface area contributed by atoms with E-state index in [1.807, 2.05) is 6.67 Å². The fourth-order valence-electron chi connectivity index (χ4n) is 0.769. The molecule has 0 bridgehead atoms. The fourth-order valence-corrected chi connectivity index (χ4v) is 0.769. The van der Waals surface area contributed by atoms with Crippen LogP contribution in [0.3, 0.4) is 0 Å². The van der Waals surface area contributed by atoms with Gasteiger partial charge in [-0.05, 0) is 13.8 Å². The van der Waals surface area contributed by atoms with Crippen LogP contribution < -0.4 is 16.0 Å². The van der Waals surface area contributed by atoms with Crippen LogP contribution in [0.1, 0.15) is 13.8 Å². The molecule has 0 aliphatic carbocycles. The van der Waals surface area contributed by atoms with E-state index in [-0.39, 0.29) is 32.7 Å². The Morgan fingerprint density at radius 3 is 1.78 bits per heavy atom. The molecular formula is C5H12N3Y-. The van der Waals surface area contributed by atoms with E-state index in [1.165, 1.54) is 0 Å². The Morgan fingerprint density at radius 1 is 1.11 bits per heavy atom. The van der Waals surface area contributed by atoms with E-state index in [9.17, 15) is 0 Å². The molecule has 0 amide bonds. The summed E-state index contributed by atoms with van der Waals surface area (Å²) in [5, 5.41) is 9.36. The second kappa shape index (κ2) is 4.75. The maximum absolute atomic E-state index is 3.23. The van der Waals surface area contributed by atoms with Gasteiger partial charge in [-0.15, -0.1) is 0 Å². The Morgan fingerprint density at radius 2 is 1.56 bits per heavy atom. The van der Waals surface area contributed by atoms with E-state index < -0.39 is 0 Å². The van der Waals surface area contributed by atoms with Crippen LogP contribution in [-0.2, 0) is 32.7 Å². The molecule has 9 heavy (non-hydrogen) atoms. The van der Waals surface area contributed by atoms with Crippen molar-refractivity contribution >= 4 is 0 Å². The molecule has 2 unspecified atom stereocenters. The Bertz CT molecular complexity index is 70.6. The summed E-state index contributed by atoms with van der Waals surface area (Å²) in [6.45, 7) is 6.02. The molecule has 4 heteroatoms. The minimum atomic E-state index is 0. The Balaban J connectivity index is 0.000000640. The van der Waals surface area contributed by atoms with Crippen LogP contribution in [0.25, 0.3) is 0 Å². The normalized spacial score (nSPS) is 35.3. The van der Waals surface area contributed by atoms with Gasteiger partial charge in [0.05, 0.1) is 0 Å². The molecule has 0 saturated carbocycles. The third kappa shape index (κ3) is 3.63. The predicted octanol–water partition coefficient (Wildman–Crippen LogP) is -0.422. The van der Waals surface area contributed by atoms with Gasteiger partial charge in [0.2, 0.25) is 0 Å². The van der Waals surface area contributed by atoms with Crippen molar-refractivity contribution in [2.45, 2.75) is 26.2 Å². The van der Waals surface area contributed by atoms with Crippen molar-refractivity contribution in [3.05, 3.63) is 6.67 Å². The Kier molecular flexibility index (Phi) is 5.27. The molecule has 3 nitrogen and oxygen atoms in total. The Hall–Kier alpha value is 0.984. The van der Waals surface area contributed by atoms with Crippen LogP contribution in [0.2, 0.25) is 0 Å². The van der Waals surface area contributed by atoms with Gasteiger partial charge in [0, 0.05) is 45.0 Å². The molecule has 0 aromatic carbocycles. The summed E-state index contributed by atoms with van der Waals surface area (Å²) in [6, 6.07) is 0. The van der Waals surface area contributed by atoms with Gasteiger partial charge in [-0.3, -0.25) is 5.32 Å². The quantitative estimate of drug-likeness (QED) is 0.468. The topological polar surface area (TPSA) is 36.1 Å². The minimum absolute atomic E-state index is 0.